The van der Waals surface area contributed by atoms with Gasteiger partial charge in [-0.25, -0.2) is 0 Å². The Hall–Kier alpha value is -2.63. The summed E-state index contributed by atoms with van der Waals surface area (Å²) in [5.74, 6) is -0.219. The Balaban J connectivity index is 2.45. The molecule has 0 aromatic rings. The highest BCUT2D eigenvalue weighted by Gasteiger charge is 2.44. The second-order valence-electron chi connectivity index (χ2n) is 15.1. The second-order valence-corrected chi connectivity index (χ2v) is 15.1. The zero-order valence-corrected chi connectivity index (χ0v) is 35.6. The maximum Gasteiger partial charge on any atom is 0.220 e. The van der Waals surface area contributed by atoms with Gasteiger partial charge in [0.15, 0.2) is 6.29 Å². The van der Waals surface area contributed by atoms with Crippen molar-refractivity contribution in [3.63, 3.8) is 0 Å². The second kappa shape index (κ2) is 37.6. The molecule has 6 N–H and O–H groups in total. The molecule has 0 bridgehead atoms. The molecular formula is C48H81NO8. The molecule has 1 fully saturated rings. The van der Waals surface area contributed by atoms with E-state index in [0.29, 0.717) is 12.8 Å². The van der Waals surface area contributed by atoms with Crippen molar-refractivity contribution in [2.45, 2.75) is 198 Å². The molecule has 7 unspecified atom stereocenters. The fourth-order valence-electron chi connectivity index (χ4n) is 6.35. The predicted molar refractivity (Wildman–Crippen MR) is 235 cm³/mol. The first-order valence-electron chi connectivity index (χ1n) is 22.3. The molecular weight excluding hydrogens is 719 g/mol. The predicted octanol–water partition coefficient (Wildman–Crippen LogP) is 9.16. The average Bonchev–Trinajstić information content (AvgIpc) is 3.21. The van der Waals surface area contributed by atoms with Crippen molar-refractivity contribution in [2.24, 2.45) is 0 Å². The largest absolute Gasteiger partial charge is 0.394 e. The third-order valence-electron chi connectivity index (χ3n) is 9.93. The van der Waals surface area contributed by atoms with E-state index in [2.05, 4.69) is 92.1 Å². The topological polar surface area (TPSA) is 149 Å². The summed E-state index contributed by atoms with van der Waals surface area (Å²) in [6.07, 6.45) is 44.8. The minimum Gasteiger partial charge on any atom is -0.394 e. The molecule has 1 heterocycles. The van der Waals surface area contributed by atoms with Gasteiger partial charge in [0, 0.05) is 6.42 Å². The van der Waals surface area contributed by atoms with Crippen LogP contribution in [0.5, 0.6) is 0 Å². The van der Waals surface area contributed by atoms with Crippen LogP contribution in [0.2, 0.25) is 0 Å². The van der Waals surface area contributed by atoms with E-state index in [-0.39, 0.29) is 12.5 Å². The molecule has 7 atom stereocenters. The lowest BCUT2D eigenvalue weighted by Gasteiger charge is -2.40. The Bertz CT molecular complexity index is 1160. The van der Waals surface area contributed by atoms with Crippen molar-refractivity contribution < 1.29 is 39.8 Å². The van der Waals surface area contributed by atoms with E-state index in [4.69, 9.17) is 9.47 Å². The standard InChI is InChI=1S/C48H81NO8/c1-3-5-7-9-11-13-15-17-19-21-23-25-27-29-31-33-35-37-42(51)41(40-56-48-47(55)46(54)45(53)43(39-50)57-48)49-44(52)38-36-34-32-30-28-26-24-22-20-18-16-14-12-10-8-6-4-2/h6,8,12,14,18-21,24,26-27,29,35,37,41-43,45-48,50-51,53-55H,3-5,7,9-11,13,15-17,22-23,25,28,30-34,36,38-40H2,1-2H3,(H,49,52)/b8-6-,14-12-,20-18-,21-19+,26-24-,29-27+,37-35+. The lowest BCUT2D eigenvalue weighted by molar-refractivity contribution is -0.302. The third kappa shape index (κ3) is 28.4. The first kappa shape index (κ1) is 52.4. The van der Waals surface area contributed by atoms with Gasteiger partial charge in [-0.3, -0.25) is 4.79 Å². The van der Waals surface area contributed by atoms with Crippen molar-refractivity contribution >= 4 is 5.91 Å². The minimum atomic E-state index is -1.58. The smallest absolute Gasteiger partial charge is 0.220 e. The molecule has 1 saturated heterocycles. The number of unbranched alkanes of at least 4 members (excludes halogenated alkanes) is 13. The minimum absolute atomic E-state index is 0.219. The molecule has 1 amide bonds. The number of hydrogen-bond acceptors (Lipinski definition) is 8. The van der Waals surface area contributed by atoms with Gasteiger partial charge >= 0.3 is 0 Å². The Morgan fingerprint density at radius 3 is 1.68 bits per heavy atom. The third-order valence-corrected chi connectivity index (χ3v) is 9.93. The number of carbonyl (C=O) groups is 1. The van der Waals surface area contributed by atoms with Crippen LogP contribution in [0.1, 0.15) is 155 Å². The maximum atomic E-state index is 12.9. The molecule has 9 heteroatoms. The molecule has 9 nitrogen and oxygen atoms in total. The molecule has 0 aromatic carbocycles. The molecule has 1 aliphatic heterocycles. The summed E-state index contributed by atoms with van der Waals surface area (Å²) in [6.45, 7) is 3.59. The SMILES string of the molecule is CC/C=C\C/C=C\C/C=C\C/C=C\CCCCCCC(=O)NC(COC1OC(CO)C(O)C(O)C1O)C(O)/C=C/CC/C=C/CC/C=C/CCCCCCCCC. The fraction of sp³-hybridized carbons (Fsp3) is 0.688. The van der Waals surface area contributed by atoms with Crippen LogP contribution in [0.15, 0.2) is 85.1 Å². The summed E-state index contributed by atoms with van der Waals surface area (Å²) in [5, 5.41) is 54.1. The Labute approximate surface area is 346 Å². The van der Waals surface area contributed by atoms with Crippen molar-refractivity contribution in [3.8, 4) is 0 Å². The highest BCUT2D eigenvalue weighted by molar-refractivity contribution is 5.76. The number of rotatable bonds is 35. The van der Waals surface area contributed by atoms with Gasteiger partial charge < -0.3 is 40.3 Å². The summed E-state index contributed by atoms with van der Waals surface area (Å²) >= 11 is 0. The van der Waals surface area contributed by atoms with E-state index in [1.54, 1.807) is 6.08 Å². The van der Waals surface area contributed by atoms with Gasteiger partial charge in [-0.2, -0.15) is 0 Å². The molecule has 0 aliphatic carbocycles. The summed E-state index contributed by atoms with van der Waals surface area (Å²) in [6, 6.07) is -0.845. The Morgan fingerprint density at radius 2 is 1.11 bits per heavy atom. The number of aliphatic hydroxyl groups is 5. The van der Waals surface area contributed by atoms with Gasteiger partial charge in [0.2, 0.25) is 5.91 Å². The van der Waals surface area contributed by atoms with Crippen LogP contribution >= 0.6 is 0 Å². The van der Waals surface area contributed by atoms with E-state index in [1.807, 2.05) is 6.08 Å². The Morgan fingerprint density at radius 1 is 0.614 bits per heavy atom. The van der Waals surface area contributed by atoms with Crippen molar-refractivity contribution in [1.29, 1.82) is 0 Å². The molecule has 0 aromatic heterocycles. The van der Waals surface area contributed by atoms with Crippen LogP contribution < -0.4 is 5.32 Å². The summed E-state index contributed by atoms with van der Waals surface area (Å²) in [4.78, 5) is 12.9. The van der Waals surface area contributed by atoms with Gasteiger partial charge in [-0.15, -0.1) is 0 Å². The quantitative estimate of drug-likeness (QED) is 0.0275. The van der Waals surface area contributed by atoms with Crippen molar-refractivity contribution in [2.75, 3.05) is 13.2 Å². The van der Waals surface area contributed by atoms with Gasteiger partial charge in [0.25, 0.3) is 0 Å². The van der Waals surface area contributed by atoms with E-state index in [0.717, 1.165) is 83.5 Å². The van der Waals surface area contributed by atoms with Gasteiger partial charge in [-0.05, 0) is 83.5 Å². The molecule has 1 rings (SSSR count). The van der Waals surface area contributed by atoms with E-state index in [9.17, 15) is 30.3 Å². The van der Waals surface area contributed by atoms with Gasteiger partial charge in [-0.1, -0.05) is 150 Å². The van der Waals surface area contributed by atoms with Crippen LogP contribution in [-0.4, -0.2) is 87.5 Å². The van der Waals surface area contributed by atoms with Crippen LogP contribution in [0.4, 0.5) is 0 Å². The number of amides is 1. The van der Waals surface area contributed by atoms with Crippen LogP contribution in [0, 0.1) is 0 Å². The number of carbonyl (C=O) groups excluding carboxylic acids is 1. The number of nitrogens with one attached hydrogen (secondary N) is 1. The average molecular weight is 800 g/mol. The summed E-state index contributed by atoms with van der Waals surface area (Å²) < 4.78 is 11.2. The fourth-order valence-corrected chi connectivity index (χ4v) is 6.35. The molecule has 0 spiro atoms. The van der Waals surface area contributed by atoms with Gasteiger partial charge in [0.1, 0.15) is 24.4 Å². The van der Waals surface area contributed by atoms with Crippen molar-refractivity contribution in [1.82, 2.24) is 5.32 Å². The first-order chi connectivity index (χ1) is 27.8. The lowest BCUT2D eigenvalue weighted by atomic mass is 9.99. The Kier molecular flexibility index (Phi) is 34.6. The summed E-state index contributed by atoms with van der Waals surface area (Å²) in [5.41, 5.74) is 0. The normalized spacial score (nSPS) is 21.8. The van der Waals surface area contributed by atoms with Gasteiger partial charge in [0.05, 0.1) is 25.4 Å². The lowest BCUT2D eigenvalue weighted by Crippen LogP contribution is -2.60. The molecule has 326 valence electrons. The zero-order valence-electron chi connectivity index (χ0n) is 35.6. The number of allylic oxidation sites excluding steroid dienone is 13. The molecule has 1 aliphatic rings. The maximum absolute atomic E-state index is 12.9. The van der Waals surface area contributed by atoms with Crippen LogP contribution in [0.25, 0.3) is 0 Å². The van der Waals surface area contributed by atoms with Crippen LogP contribution in [-0.2, 0) is 14.3 Å². The van der Waals surface area contributed by atoms with E-state index < -0.39 is 49.5 Å². The monoisotopic (exact) mass is 800 g/mol. The highest BCUT2D eigenvalue weighted by atomic mass is 16.7. The van der Waals surface area contributed by atoms with Crippen molar-refractivity contribution in [3.05, 3.63) is 85.1 Å². The zero-order chi connectivity index (χ0) is 41.6. The molecule has 0 radical (unpaired) electrons. The number of aliphatic hydroxyl groups excluding tert-OH is 5. The number of ether oxygens (including phenoxy) is 2. The molecule has 0 saturated carbocycles. The molecule has 57 heavy (non-hydrogen) atoms. The highest BCUT2D eigenvalue weighted by Crippen LogP contribution is 2.22. The van der Waals surface area contributed by atoms with E-state index >= 15 is 0 Å². The first-order valence-corrected chi connectivity index (χ1v) is 22.3. The number of hydrogen-bond donors (Lipinski definition) is 6. The van der Waals surface area contributed by atoms with E-state index in [1.165, 1.54) is 44.9 Å². The van der Waals surface area contributed by atoms with Crippen LogP contribution in [0.3, 0.4) is 0 Å². The summed E-state index contributed by atoms with van der Waals surface area (Å²) in [7, 11) is 0.